The zero-order valence-corrected chi connectivity index (χ0v) is 11.8. The van der Waals surface area contributed by atoms with Gasteiger partial charge in [-0.25, -0.2) is 0 Å². The molecular weight excluding hydrogens is 279 g/mol. The molecule has 1 N–H and O–H groups in total. The van der Waals surface area contributed by atoms with Gasteiger partial charge in [0.15, 0.2) is 0 Å². The molecule has 1 aromatic rings. The second kappa shape index (κ2) is 5.94. The maximum absolute atomic E-state index is 13.5. The summed E-state index contributed by atoms with van der Waals surface area (Å²) in [5, 5.41) is 3.21. The Labute approximate surface area is 122 Å². The van der Waals surface area contributed by atoms with E-state index in [0.29, 0.717) is 37.8 Å². The molecule has 21 heavy (non-hydrogen) atoms. The highest BCUT2D eigenvalue weighted by atomic mass is 19.4. The summed E-state index contributed by atoms with van der Waals surface area (Å²) in [6.45, 7) is 4.28. The van der Waals surface area contributed by atoms with Crippen LogP contribution in [-0.4, -0.2) is 61.3 Å². The van der Waals surface area contributed by atoms with Gasteiger partial charge in [-0.3, -0.25) is 9.80 Å². The maximum Gasteiger partial charge on any atom is 0.408 e. The highest BCUT2D eigenvalue weighted by molar-refractivity contribution is 5.21. The molecular formula is C15H20F3N3. The van der Waals surface area contributed by atoms with Gasteiger partial charge in [0.2, 0.25) is 0 Å². The molecule has 2 saturated heterocycles. The van der Waals surface area contributed by atoms with Crippen molar-refractivity contribution in [3.63, 3.8) is 0 Å². The van der Waals surface area contributed by atoms with Gasteiger partial charge in [0.1, 0.15) is 6.04 Å². The molecule has 3 nitrogen and oxygen atoms in total. The molecule has 116 valence electrons. The van der Waals surface area contributed by atoms with Crippen molar-refractivity contribution in [2.75, 3.05) is 39.3 Å². The van der Waals surface area contributed by atoms with E-state index in [1.54, 1.807) is 35.2 Å². The quantitative estimate of drug-likeness (QED) is 0.919. The van der Waals surface area contributed by atoms with Crippen LogP contribution in [0.2, 0.25) is 0 Å². The number of hydrogen-bond acceptors (Lipinski definition) is 3. The predicted octanol–water partition coefficient (Wildman–Crippen LogP) is 1.88. The number of nitrogens with one attached hydrogen (secondary N) is 1. The lowest BCUT2D eigenvalue weighted by Gasteiger charge is -2.45. The van der Waals surface area contributed by atoms with Gasteiger partial charge in [-0.15, -0.1) is 0 Å². The number of piperazine rings is 1. The predicted molar refractivity (Wildman–Crippen MR) is 75.0 cm³/mol. The van der Waals surface area contributed by atoms with E-state index in [2.05, 4.69) is 10.2 Å². The van der Waals surface area contributed by atoms with Crippen LogP contribution in [0.4, 0.5) is 13.2 Å². The fraction of sp³-hybridized carbons (Fsp3) is 0.600. The maximum atomic E-state index is 13.5. The minimum Gasteiger partial charge on any atom is -0.314 e. The number of halogens is 3. The van der Waals surface area contributed by atoms with Crippen LogP contribution in [0, 0.1) is 0 Å². The highest BCUT2D eigenvalue weighted by Crippen LogP contribution is 2.38. The molecule has 1 atom stereocenters. The lowest BCUT2D eigenvalue weighted by molar-refractivity contribution is -0.191. The van der Waals surface area contributed by atoms with Crippen LogP contribution in [0.5, 0.6) is 0 Å². The summed E-state index contributed by atoms with van der Waals surface area (Å²) in [4.78, 5) is 3.86. The van der Waals surface area contributed by atoms with Gasteiger partial charge in [-0.2, -0.15) is 13.2 Å². The first kappa shape index (κ1) is 14.8. The third-order valence-electron chi connectivity index (χ3n) is 4.42. The topological polar surface area (TPSA) is 18.5 Å². The molecule has 0 radical (unpaired) electrons. The first-order chi connectivity index (χ1) is 10.1. The fourth-order valence-corrected chi connectivity index (χ4v) is 3.13. The van der Waals surface area contributed by atoms with Crippen LogP contribution in [0.25, 0.3) is 0 Å². The Morgan fingerprint density at radius 3 is 2.10 bits per heavy atom. The van der Waals surface area contributed by atoms with Crippen LogP contribution in [0.3, 0.4) is 0 Å². The van der Waals surface area contributed by atoms with E-state index in [4.69, 9.17) is 0 Å². The van der Waals surface area contributed by atoms with Crippen LogP contribution >= 0.6 is 0 Å². The van der Waals surface area contributed by atoms with E-state index in [-0.39, 0.29) is 0 Å². The Balaban J connectivity index is 1.70. The lowest BCUT2D eigenvalue weighted by Crippen LogP contribution is -2.62. The van der Waals surface area contributed by atoms with Gasteiger partial charge >= 0.3 is 6.18 Å². The van der Waals surface area contributed by atoms with Gasteiger partial charge in [0.25, 0.3) is 0 Å². The minimum atomic E-state index is -4.23. The number of hydrogen-bond donors (Lipinski definition) is 1. The van der Waals surface area contributed by atoms with Gasteiger partial charge in [-0.05, 0) is 5.56 Å². The summed E-state index contributed by atoms with van der Waals surface area (Å²) >= 11 is 0. The summed E-state index contributed by atoms with van der Waals surface area (Å²) in [5.41, 5.74) is 0.337. The van der Waals surface area contributed by atoms with E-state index >= 15 is 0 Å². The molecule has 2 fully saturated rings. The zero-order valence-electron chi connectivity index (χ0n) is 11.8. The standard InChI is InChI=1S/C15H20F3N3/c16-15(17,18)14(12-4-2-1-3-5-12)21-8-6-20(7-9-21)13-10-19-11-13/h1-5,13-14,19H,6-11H2. The molecule has 0 bridgehead atoms. The monoisotopic (exact) mass is 299 g/mol. The molecule has 6 heteroatoms. The molecule has 1 aromatic carbocycles. The third-order valence-corrected chi connectivity index (χ3v) is 4.42. The summed E-state index contributed by atoms with van der Waals surface area (Å²) in [7, 11) is 0. The SMILES string of the molecule is FC(F)(F)C(c1ccccc1)N1CCN(C2CNC2)CC1. The van der Waals surface area contributed by atoms with Crippen LogP contribution in [0.1, 0.15) is 11.6 Å². The van der Waals surface area contributed by atoms with Gasteiger partial charge in [0, 0.05) is 45.3 Å². The third kappa shape index (κ3) is 3.22. The van der Waals surface area contributed by atoms with Crippen molar-refractivity contribution >= 4 is 0 Å². The normalized spacial score (nSPS) is 23.8. The number of benzene rings is 1. The molecule has 2 heterocycles. The Hall–Kier alpha value is -1.11. The van der Waals surface area contributed by atoms with Crippen LogP contribution in [-0.2, 0) is 0 Å². The molecule has 0 amide bonds. The first-order valence-corrected chi connectivity index (χ1v) is 7.36. The van der Waals surface area contributed by atoms with E-state index in [0.717, 1.165) is 13.1 Å². The first-order valence-electron chi connectivity index (χ1n) is 7.36. The molecule has 1 unspecified atom stereocenters. The highest BCUT2D eigenvalue weighted by Gasteiger charge is 2.45. The van der Waals surface area contributed by atoms with Crippen molar-refractivity contribution < 1.29 is 13.2 Å². The zero-order chi connectivity index (χ0) is 14.9. The van der Waals surface area contributed by atoms with Crippen LogP contribution < -0.4 is 5.32 Å². The second-order valence-electron chi connectivity index (χ2n) is 5.74. The van der Waals surface area contributed by atoms with Crippen molar-refractivity contribution in [2.24, 2.45) is 0 Å². The number of nitrogens with zero attached hydrogens (tertiary/aromatic N) is 2. The Bertz CT molecular complexity index is 451. The Morgan fingerprint density at radius 1 is 1.00 bits per heavy atom. The molecule has 3 rings (SSSR count). The fourth-order valence-electron chi connectivity index (χ4n) is 3.13. The van der Waals surface area contributed by atoms with Crippen molar-refractivity contribution in [3.8, 4) is 0 Å². The Kier molecular flexibility index (Phi) is 4.19. The molecule has 0 spiro atoms. The van der Waals surface area contributed by atoms with Gasteiger partial charge in [0.05, 0.1) is 0 Å². The molecule has 0 aromatic heterocycles. The summed E-state index contributed by atoms with van der Waals surface area (Å²) in [6, 6.07) is 7.25. The summed E-state index contributed by atoms with van der Waals surface area (Å²) in [5.74, 6) is 0. The number of rotatable bonds is 3. The average molecular weight is 299 g/mol. The van der Waals surface area contributed by atoms with E-state index in [1.807, 2.05) is 0 Å². The molecule has 0 saturated carbocycles. The van der Waals surface area contributed by atoms with E-state index < -0.39 is 12.2 Å². The second-order valence-corrected chi connectivity index (χ2v) is 5.74. The smallest absolute Gasteiger partial charge is 0.314 e. The average Bonchev–Trinajstić information content (AvgIpc) is 2.39. The lowest BCUT2D eigenvalue weighted by atomic mass is 10.0. The summed E-state index contributed by atoms with van der Waals surface area (Å²) < 4.78 is 40.4. The molecule has 2 aliphatic heterocycles. The van der Waals surface area contributed by atoms with Gasteiger partial charge in [-0.1, -0.05) is 30.3 Å². The minimum absolute atomic E-state index is 0.337. The van der Waals surface area contributed by atoms with Crippen molar-refractivity contribution in [3.05, 3.63) is 35.9 Å². The van der Waals surface area contributed by atoms with E-state index in [1.165, 1.54) is 0 Å². The molecule has 2 aliphatic rings. The van der Waals surface area contributed by atoms with Crippen molar-refractivity contribution in [1.29, 1.82) is 0 Å². The molecule has 0 aliphatic carbocycles. The van der Waals surface area contributed by atoms with Gasteiger partial charge < -0.3 is 5.32 Å². The Morgan fingerprint density at radius 2 is 1.62 bits per heavy atom. The van der Waals surface area contributed by atoms with Crippen molar-refractivity contribution in [2.45, 2.75) is 18.3 Å². The van der Waals surface area contributed by atoms with Crippen molar-refractivity contribution in [1.82, 2.24) is 15.1 Å². The van der Waals surface area contributed by atoms with E-state index in [9.17, 15) is 13.2 Å². The number of alkyl halides is 3. The summed E-state index contributed by atoms with van der Waals surface area (Å²) in [6.07, 6.45) is -4.23. The van der Waals surface area contributed by atoms with Crippen LogP contribution in [0.15, 0.2) is 30.3 Å². The largest absolute Gasteiger partial charge is 0.408 e.